The first-order valence-electron chi connectivity index (χ1n) is 5.12. The standard InChI is InChI=1S/C10H16N2O4S/c1-10(2,3)17(15,16)7-6-12-8(9(13)14)4-5-11-12/h4-5H,6-7H2,1-3H3,(H,13,14). The molecule has 1 rings (SSSR count). The largest absolute Gasteiger partial charge is 0.477 e. The average molecular weight is 260 g/mol. The van der Waals surface area contributed by atoms with Crippen LogP contribution in [-0.2, 0) is 16.4 Å². The summed E-state index contributed by atoms with van der Waals surface area (Å²) in [5.41, 5.74) is -0.00545. The molecule has 0 amide bonds. The minimum atomic E-state index is -3.27. The molecule has 6 nitrogen and oxygen atoms in total. The zero-order valence-electron chi connectivity index (χ0n) is 10.0. The number of carboxylic acids is 1. The van der Waals surface area contributed by atoms with Crippen molar-refractivity contribution in [2.75, 3.05) is 5.75 Å². The van der Waals surface area contributed by atoms with Crippen LogP contribution in [-0.4, -0.2) is 39.8 Å². The van der Waals surface area contributed by atoms with Crippen molar-refractivity contribution < 1.29 is 18.3 Å². The van der Waals surface area contributed by atoms with Crippen LogP contribution in [0.5, 0.6) is 0 Å². The number of nitrogens with zero attached hydrogens (tertiary/aromatic N) is 2. The number of aromatic nitrogens is 2. The third-order valence-electron chi connectivity index (χ3n) is 2.44. The fraction of sp³-hybridized carbons (Fsp3) is 0.600. The Balaban J connectivity index is 2.82. The summed E-state index contributed by atoms with van der Waals surface area (Å²) in [5, 5.41) is 12.6. The van der Waals surface area contributed by atoms with Crippen LogP contribution in [0, 0.1) is 0 Å². The Morgan fingerprint density at radius 3 is 2.53 bits per heavy atom. The summed E-state index contributed by atoms with van der Waals surface area (Å²) >= 11 is 0. The Labute approximate surface area is 100 Å². The molecule has 1 aromatic rings. The fourth-order valence-corrected chi connectivity index (χ4v) is 2.23. The van der Waals surface area contributed by atoms with Crippen molar-refractivity contribution >= 4 is 15.8 Å². The van der Waals surface area contributed by atoms with Crippen LogP contribution in [0.4, 0.5) is 0 Å². The third-order valence-corrected chi connectivity index (χ3v) is 5.03. The van der Waals surface area contributed by atoms with Crippen molar-refractivity contribution in [3.05, 3.63) is 18.0 Å². The van der Waals surface area contributed by atoms with Gasteiger partial charge in [-0.2, -0.15) is 5.10 Å². The molecule has 96 valence electrons. The highest BCUT2D eigenvalue weighted by Gasteiger charge is 2.28. The van der Waals surface area contributed by atoms with Gasteiger partial charge in [0.15, 0.2) is 9.84 Å². The topological polar surface area (TPSA) is 89.3 Å². The number of rotatable bonds is 4. The third kappa shape index (κ3) is 3.06. The number of aromatic carboxylic acids is 1. The minimum absolute atomic E-state index is 0.00545. The van der Waals surface area contributed by atoms with Crippen molar-refractivity contribution in [1.29, 1.82) is 0 Å². The van der Waals surface area contributed by atoms with Crippen LogP contribution in [0.15, 0.2) is 12.3 Å². The van der Waals surface area contributed by atoms with Crippen LogP contribution < -0.4 is 0 Å². The highest BCUT2D eigenvalue weighted by Crippen LogP contribution is 2.16. The van der Waals surface area contributed by atoms with Gasteiger partial charge in [0.05, 0.1) is 17.0 Å². The van der Waals surface area contributed by atoms with Crippen molar-refractivity contribution in [2.24, 2.45) is 0 Å². The highest BCUT2D eigenvalue weighted by molar-refractivity contribution is 7.92. The molecule has 1 N–H and O–H groups in total. The second kappa shape index (κ2) is 4.48. The predicted molar refractivity (Wildman–Crippen MR) is 62.7 cm³/mol. The van der Waals surface area contributed by atoms with Crippen molar-refractivity contribution in [1.82, 2.24) is 9.78 Å². The summed E-state index contributed by atoms with van der Waals surface area (Å²) in [6.45, 7) is 4.89. The lowest BCUT2D eigenvalue weighted by atomic mass is 10.3. The predicted octanol–water partition coefficient (Wildman–Crippen LogP) is 0.795. The van der Waals surface area contributed by atoms with Gasteiger partial charge in [-0.1, -0.05) is 0 Å². The Morgan fingerprint density at radius 1 is 1.47 bits per heavy atom. The molecule has 0 aliphatic carbocycles. The molecular formula is C10H16N2O4S. The van der Waals surface area contributed by atoms with E-state index in [4.69, 9.17) is 5.11 Å². The molecule has 0 aromatic carbocycles. The van der Waals surface area contributed by atoms with E-state index in [1.54, 1.807) is 20.8 Å². The van der Waals surface area contributed by atoms with E-state index in [1.807, 2.05) is 0 Å². The summed E-state index contributed by atoms with van der Waals surface area (Å²) in [6, 6.07) is 1.34. The van der Waals surface area contributed by atoms with E-state index in [1.165, 1.54) is 16.9 Å². The van der Waals surface area contributed by atoms with E-state index >= 15 is 0 Å². The molecule has 1 heterocycles. The van der Waals surface area contributed by atoms with Crippen LogP contribution in [0.25, 0.3) is 0 Å². The summed E-state index contributed by atoms with van der Waals surface area (Å²) < 4.78 is 24.0. The van der Waals surface area contributed by atoms with E-state index in [2.05, 4.69) is 5.10 Å². The first kappa shape index (κ1) is 13.7. The van der Waals surface area contributed by atoms with E-state index in [0.717, 1.165) is 0 Å². The lowest BCUT2D eigenvalue weighted by molar-refractivity contribution is 0.0683. The SMILES string of the molecule is CC(C)(C)S(=O)(=O)CCn1nccc1C(=O)O. The Morgan fingerprint density at radius 2 is 2.06 bits per heavy atom. The van der Waals surface area contributed by atoms with Crippen molar-refractivity contribution in [3.63, 3.8) is 0 Å². The van der Waals surface area contributed by atoms with Crippen LogP contribution in [0.3, 0.4) is 0 Å². The van der Waals surface area contributed by atoms with Gasteiger partial charge in [-0.25, -0.2) is 13.2 Å². The summed E-state index contributed by atoms with van der Waals surface area (Å²) in [7, 11) is -3.27. The number of aryl methyl sites for hydroxylation is 1. The second-order valence-corrected chi connectivity index (χ2v) is 7.54. The van der Waals surface area contributed by atoms with E-state index in [9.17, 15) is 13.2 Å². The van der Waals surface area contributed by atoms with Gasteiger partial charge in [0, 0.05) is 6.20 Å². The van der Waals surface area contributed by atoms with E-state index < -0.39 is 20.6 Å². The van der Waals surface area contributed by atoms with Gasteiger partial charge in [0.2, 0.25) is 0 Å². The minimum Gasteiger partial charge on any atom is -0.477 e. The number of carboxylic acid groups (broad SMARTS) is 1. The average Bonchev–Trinajstić information content (AvgIpc) is 2.60. The molecule has 0 spiro atoms. The molecule has 0 aliphatic rings. The van der Waals surface area contributed by atoms with E-state index in [-0.39, 0.29) is 18.0 Å². The number of hydrogen-bond donors (Lipinski definition) is 1. The van der Waals surface area contributed by atoms with Gasteiger partial charge in [-0.15, -0.1) is 0 Å². The van der Waals surface area contributed by atoms with Gasteiger partial charge in [0.25, 0.3) is 0 Å². The molecule has 0 fully saturated rings. The quantitative estimate of drug-likeness (QED) is 0.864. The molecule has 0 unspecified atom stereocenters. The number of sulfone groups is 1. The lowest BCUT2D eigenvalue weighted by Gasteiger charge is -2.19. The van der Waals surface area contributed by atoms with E-state index in [0.29, 0.717) is 0 Å². The molecule has 0 saturated carbocycles. The summed E-state index contributed by atoms with van der Waals surface area (Å²) in [4.78, 5) is 10.8. The first-order valence-corrected chi connectivity index (χ1v) is 6.78. The Kier molecular flexibility index (Phi) is 3.61. The lowest BCUT2D eigenvalue weighted by Crippen LogP contribution is -2.32. The Hall–Kier alpha value is -1.37. The highest BCUT2D eigenvalue weighted by atomic mass is 32.2. The molecule has 0 atom stereocenters. The molecule has 0 radical (unpaired) electrons. The van der Waals surface area contributed by atoms with Gasteiger partial charge in [-0.3, -0.25) is 4.68 Å². The Bertz CT molecular complexity index is 511. The molecule has 7 heteroatoms. The second-order valence-electron chi connectivity index (χ2n) is 4.68. The fourth-order valence-electron chi connectivity index (χ4n) is 1.21. The first-order chi connectivity index (χ1) is 7.65. The van der Waals surface area contributed by atoms with Crippen LogP contribution in [0.1, 0.15) is 31.3 Å². The maximum Gasteiger partial charge on any atom is 0.354 e. The molecule has 0 bridgehead atoms. The monoisotopic (exact) mass is 260 g/mol. The molecule has 17 heavy (non-hydrogen) atoms. The molecule has 0 aliphatic heterocycles. The maximum atomic E-state index is 11.8. The smallest absolute Gasteiger partial charge is 0.354 e. The van der Waals surface area contributed by atoms with Crippen molar-refractivity contribution in [2.45, 2.75) is 32.1 Å². The summed E-state index contributed by atoms with van der Waals surface area (Å²) in [6.07, 6.45) is 1.34. The zero-order chi connectivity index (χ0) is 13.3. The number of carbonyl (C=O) groups is 1. The molecule has 0 saturated heterocycles. The van der Waals surface area contributed by atoms with Gasteiger partial charge in [-0.05, 0) is 26.8 Å². The van der Waals surface area contributed by atoms with Crippen LogP contribution in [0.2, 0.25) is 0 Å². The normalized spacial score (nSPS) is 12.6. The zero-order valence-corrected chi connectivity index (χ0v) is 10.9. The van der Waals surface area contributed by atoms with Gasteiger partial charge >= 0.3 is 5.97 Å². The number of hydrogen-bond acceptors (Lipinski definition) is 4. The maximum absolute atomic E-state index is 11.8. The van der Waals surface area contributed by atoms with Crippen molar-refractivity contribution in [3.8, 4) is 0 Å². The van der Waals surface area contributed by atoms with Gasteiger partial charge < -0.3 is 5.11 Å². The summed E-state index contributed by atoms with van der Waals surface area (Å²) in [5.74, 6) is -1.24. The van der Waals surface area contributed by atoms with Crippen LogP contribution >= 0.6 is 0 Å². The molecule has 1 aromatic heterocycles. The molecular weight excluding hydrogens is 244 g/mol. The van der Waals surface area contributed by atoms with Gasteiger partial charge in [0.1, 0.15) is 5.69 Å².